The minimum Gasteiger partial charge on any atom is -0.493 e. The first-order chi connectivity index (χ1) is 12.6. The lowest BCUT2D eigenvalue weighted by molar-refractivity contribution is 0.0286. The van der Waals surface area contributed by atoms with Crippen molar-refractivity contribution in [1.29, 1.82) is 0 Å². The maximum absolute atomic E-state index is 10.1. The first-order valence-electron chi connectivity index (χ1n) is 8.82. The number of rotatable bonds is 8. The van der Waals surface area contributed by atoms with E-state index < -0.39 is 0 Å². The number of hydrogen-bond donors (Lipinski definition) is 1. The number of aromatic hydroxyl groups is 1. The van der Waals surface area contributed by atoms with Gasteiger partial charge in [0.1, 0.15) is 23.7 Å². The predicted molar refractivity (Wildman–Crippen MR) is 111 cm³/mol. The van der Waals surface area contributed by atoms with Gasteiger partial charge in [0.05, 0.1) is 12.1 Å². The summed E-state index contributed by atoms with van der Waals surface area (Å²) in [5.41, 5.74) is 2.12. The van der Waals surface area contributed by atoms with Gasteiger partial charge in [0.2, 0.25) is 5.88 Å². The van der Waals surface area contributed by atoms with Crippen LogP contribution in [0.1, 0.15) is 44.4 Å². The van der Waals surface area contributed by atoms with E-state index in [1.54, 1.807) is 6.20 Å². The van der Waals surface area contributed by atoms with E-state index in [1.807, 2.05) is 12.1 Å². The maximum Gasteiger partial charge on any atom is 0.218 e. The molecule has 1 aliphatic carbocycles. The lowest BCUT2D eigenvalue weighted by Crippen LogP contribution is -2.35. The first-order valence-corrected chi connectivity index (χ1v) is 12.8. The molecule has 1 atom stereocenters. The quantitative estimate of drug-likeness (QED) is 0.432. The van der Waals surface area contributed by atoms with Crippen LogP contribution in [0.25, 0.3) is 11.5 Å². The van der Waals surface area contributed by atoms with Crippen LogP contribution < -0.4 is 4.74 Å². The zero-order chi connectivity index (χ0) is 18.6. The van der Waals surface area contributed by atoms with Crippen LogP contribution in [0.5, 0.6) is 11.6 Å². The molecule has 3 rings (SSSR count). The third kappa shape index (κ3) is 4.26. The predicted octanol–water partition coefficient (Wildman–Crippen LogP) is 4.63. The fourth-order valence-electron chi connectivity index (χ4n) is 3.08. The number of aromatic nitrogens is 3. The van der Waals surface area contributed by atoms with Crippen molar-refractivity contribution in [1.82, 2.24) is 15.0 Å². The van der Waals surface area contributed by atoms with E-state index in [4.69, 9.17) is 9.26 Å². The summed E-state index contributed by atoms with van der Waals surface area (Å²) < 4.78 is 12.0. The second-order valence-electron chi connectivity index (χ2n) is 6.38. The van der Waals surface area contributed by atoms with Crippen LogP contribution in [0.3, 0.4) is 0 Å². The Labute approximate surface area is 168 Å². The van der Waals surface area contributed by atoms with Crippen LogP contribution in [0.4, 0.5) is 0 Å². The largest absolute Gasteiger partial charge is 0.493 e. The molecule has 0 saturated carbocycles. The van der Waals surface area contributed by atoms with E-state index in [1.165, 1.54) is 0 Å². The van der Waals surface area contributed by atoms with E-state index in [0.717, 1.165) is 43.4 Å². The van der Waals surface area contributed by atoms with Crippen LogP contribution in [0.2, 0.25) is 0 Å². The topological polar surface area (TPSA) is 77.4 Å². The van der Waals surface area contributed by atoms with Crippen LogP contribution in [0.15, 0.2) is 18.3 Å². The Morgan fingerprint density at radius 1 is 1.27 bits per heavy atom. The molecule has 6 nitrogen and oxygen atoms in total. The van der Waals surface area contributed by atoms with E-state index in [2.05, 4.69) is 50.8 Å². The number of pyridine rings is 1. The highest BCUT2D eigenvalue weighted by Gasteiger charge is 2.28. The van der Waals surface area contributed by atoms with Gasteiger partial charge >= 0.3 is 0 Å². The van der Waals surface area contributed by atoms with Gasteiger partial charge < -0.3 is 14.4 Å². The highest BCUT2D eigenvalue weighted by molar-refractivity contribution is 14.2. The Hall–Kier alpha value is -1.05. The van der Waals surface area contributed by atoms with Crippen LogP contribution >= 0.6 is 28.5 Å². The van der Waals surface area contributed by atoms with E-state index in [0.29, 0.717) is 30.3 Å². The van der Waals surface area contributed by atoms with Gasteiger partial charge in [-0.1, -0.05) is 13.8 Å². The molecule has 26 heavy (non-hydrogen) atoms. The Bertz CT molecular complexity index is 771. The lowest BCUT2D eigenvalue weighted by atomic mass is 9.99. The van der Waals surface area contributed by atoms with Gasteiger partial charge in [0, 0.05) is 17.8 Å². The van der Waals surface area contributed by atoms with Crippen molar-refractivity contribution < 1.29 is 14.4 Å². The molecule has 2 heterocycles. The molecule has 140 valence electrons. The zero-order valence-electron chi connectivity index (χ0n) is 15.0. The van der Waals surface area contributed by atoms with Crippen molar-refractivity contribution in [2.24, 2.45) is 0 Å². The summed E-state index contributed by atoms with van der Waals surface area (Å²) in [7, 11) is 0. The molecule has 0 aliphatic heterocycles. The molecular weight excluding hydrogens is 464 g/mol. The Morgan fingerprint density at radius 3 is 2.81 bits per heavy atom. The van der Waals surface area contributed by atoms with Crippen molar-refractivity contribution in [3.63, 3.8) is 0 Å². The standard InChI is InChI=1S/C18H23IN3O3P/c1-3-18(4-2,25-26-19)11-24-12-8-9-20-15(10-12)16-21-14-7-5-6-13(14)17(23)22-16/h8-10,26H,3-7,11H2,1-2H3,(H,21,22,23). The normalized spacial score (nSPS) is 14.1. The van der Waals surface area contributed by atoms with Crippen molar-refractivity contribution in [2.45, 2.75) is 51.6 Å². The molecule has 0 radical (unpaired) electrons. The molecule has 0 aromatic carbocycles. The second-order valence-corrected chi connectivity index (χ2v) is 8.06. The number of halogens is 1. The van der Waals surface area contributed by atoms with Gasteiger partial charge in [0.25, 0.3) is 0 Å². The SMILES string of the molecule is CCC(CC)(COc1ccnc(-c2nc(O)c3c(n2)CCC3)c1)OPI. The molecule has 2 aromatic heterocycles. The number of nitrogens with zero attached hydrogens (tertiary/aromatic N) is 3. The molecule has 2 aromatic rings. The summed E-state index contributed by atoms with van der Waals surface area (Å²) in [4.78, 5) is 13.2. The Morgan fingerprint density at radius 2 is 2.08 bits per heavy atom. The lowest BCUT2D eigenvalue weighted by Gasteiger charge is -2.30. The van der Waals surface area contributed by atoms with Crippen LogP contribution in [-0.4, -0.2) is 32.3 Å². The van der Waals surface area contributed by atoms with Gasteiger partial charge in [-0.05, 0) is 60.2 Å². The van der Waals surface area contributed by atoms with Crippen molar-refractivity contribution in [3.05, 3.63) is 29.6 Å². The number of fused-ring (bicyclic) bond motifs is 1. The molecule has 0 spiro atoms. The van der Waals surface area contributed by atoms with Gasteiger partial charge in [-0.2, -0.15) is 4.98 Å². The molecular formula is C18H23IN3O3P. The molecule has 0 bridgehead atoms. The molecule has 1 aliphatic rings. The van der Waals surface area contributed by atoms with Crippen molar-refractivity contribution in [2.75, 3.05) is 6.61 Å². The molecule has 0 saturated heterocycles. The van der Waals surface area contributed by atoms with Gasteiger partial charge in [-0.3, -0.25) is 4.98 Å². The summed E-state index contributed by atoms with van der Waals surface area (Å²) in [6, 6.07) is 3.64. The fourth-order valence-corrected chi connectivity index (χ4v) is 4.99. The zero-order valence-corrected chi connectivity index (χ0v) is 18.1. The minimum atomic E-state index is -0.272. The van der Waals surface area contributed by atoms with E-state index >= 15 is 0 Å². The summed E-state index contributed by atoms with van der Waals surface area (Å²) in [6.07, 6.45) is 6.17. The second kappa shape index (κ2) is 8.76. The van der Waals surface area contributed by atoms with E-state index in [-0.39, 0.29) is 11.5 Å². The van der Waals surface area contributed by atoms with Crippen molar-refractivity contribution in [3.8, 4) is 23.1 Å². The Balaban J connectivity index is 1.80. The molecule has 1 unspecified atom stereocenters. The monoisotopic (exact) mass is 487 g/mol. The smallest absolute Gasteiger partial charge is 0.218 e. The van der Waals surface area contributed by atoms with Gasteiger partial charge in [-0.25, -0.2) is 4.98 Å². The molecule has 1 N–H and O–H groups in total. The van der Waals surface area contributed by atoms with Crippen LogP contribution in [0, 0.1) is 0 Å². The Kier molecular flexibility index (Phi) is 6.64. The van der Waals surface area contributed by atoms with Crippen LogP contribution in [-0.2, 0) is 17.4 Å². The average molecular weight is 487 g/mol. The third-order valence-corrected chi connectivity index (χ3v) is 6.09. The van der Waals surface area contributed by atoms with Gasteiger partial charge in [-0.15, -0.1) is 0 Å². The molecule has 0 fully saturated rings. The summed E-state index contributed by atoms with van der Waals surface area (Å²) >= 11 is 2.24. The minimum absolute atomic E-state index is 0.0723. The maximum atomic E-state index is 10.1. The van der Waals surface area contributed by atoms with E-state index in [9.17, 15) is 5.11 Å². The summed E-state index contributed by atoms with van der Waals surface area (Å²) in [5, 5.41) is 10.1. The fraction of sp³-hybridized carbons (Fsp3) is 0.500. The van der Waals surface area contributed by atoms with Gasteiger partial charge in [0.15, 0.2) is 5.82 Å². The summed E-state index contributed by atoms with van der Waals surface area (Å²) in [6.45, 7) is 5.11. The third-order valence-electron chi connectivity index (χ3n) is 4.92. The average Bonchev–Trinajstić information content (AvgIpc) is 3.15. The molecule has 0 amide bonds. The number of hydrogen-bond acceptors (Lipinski definition) is 6. The van der Waals surface area contributed by atoms with Crippen molar-refractivity contribution >= 4 is 28.5 Å². The highest BCUT2D eigenvalue weighted by Crippen LogP contribution is 2.35. The number of ether oxygens (including phenoxy) is 1. The number of aryl methyl sites for hydroxylation is 1. The first kappa shape index (κ1) is 19.7. The highest BCUT2D eigenvalue weighted by atomic mass is 127. The summed E-state index contributed by atoms with van der Waals surface area (Å²) in [5.74, 6) is 1.21. The molecule has 8 heteroatoms.